The molecule has 3 heterocycles. The van der Waals surface area contributed by atoms with E-state index >= 15 is 0 Å². The molecule has 0 radical (unpaired) electrons. The fourth-order valence-corrected chi connectivity index (χ4v) is 4.58. The van der Waals surface area contributed by atoms with E-state index in [-0.39, 0.29) is 17.3 Å². The van der Waals surface area contributed by atoms with Gasteiger partial charge in [-0.25, -0.2) is 5.43 Å². The SMILES string of the molecule is CC1(C)OB(c2ccc(NC(=O)c3csnn3)cc2)OC1(C)C[NH+]1NC(C(=O)[O-])=CS1. The quantitative estimate of drug-likeness (QED) is 0.356. The van der Waals surface area contributed by atoms with Crippen molar-refractivity contribution >= 4 is 53.6 Å². The van der Waals surface area contributed by atoms with Gasteiger partial charge in [-0.15, -0.1) is 5.10 Å². The Morgan fingerprint density at radius 1 is 1.26 bits per heavy atom. The molecule has 2 aromatic rings. The summed E-state index contributed by atoms with van der Waals surface area (Å²) in [6.07, 6.45) is 0. The second-order valence-electron chi connectivity index (χ2n) is 7.84. The lowest BCUT2D eigenvalue weighted by Crippen LogP contribution is -3.13. The van der Waals surface area contributed by atoms with Crippen LogP contribution in [0.3, 0.4) is 0 Å². The average molecular weight is 461 g/mol. The van der Waals surface area contributed by atoms with Crippen molar-refractivity contribution in [3.05, 3.63) is 46.4 Å². The van der Waals surface area contributed by atoms with E-state index in [1.165, 1.54) is 17.4 Å². The van der Waals surface area contributed by atoms with Crippen LogP contribution >= 0.6 is 23.5 Å². The zero-order chi connectivity index (χ0) is 22.2. The third-order valence-electron chi connectivity index (χ3n) is 5.39. The van der Waals surface area contributed by atoms with E-state index in [1.54, 1.807) is 17.5 Å². The highest BCUT2D eigenvalue weighted by atomic mass is 32.2. The third-order valence-corrected chi connectivity index (χ3v) is 6.78. The van der Waals surface area contributed by atoms with Crippen LogP contribution < -0.4 is 25.7 Å². The number of anilines is 1. The van der Waals surface area contributed by atoms with Crippen molar-refractivity contribution in [2.24, 2.45) is 0 Å². The van der Waals surface area contributed by atoms with Crippen molar-refractivity contribution < 1.29 is 28.4 Å². The van der Waals surface area contributed by atoms with Gasteiger partial charge in [-0.1, -0.05) is 16.6 Å². The van der Waals surface area contributed by atoms with E-state index in [2.05, 4.69) is 20.3 Å². The molecule has 2 aliphatic heterocycles. The predicted octanol–water partition coefficient (Wildman–Crippen LogP) is -1.29. The molecule has 10 nitrogen and oxygen atoms in total. The van der Waals surface area contributed by atoms with Crippen molar-refractivity contribution in [2.75, 3.05) is 11.9 Å². The number of quaternary nitrogens is 1. The summed E-state index contributed by atoms with van der Waals surface area (Å²) in [6.45, 7) is 6.27. The molecule has 1 fully saturated rings. The molecule has 13 heteroatoms. The summed E-state index contributed by atoms with van der Waals surface area (Å²) in [5.41, 5.74) is 3.25. The van der Waals surface area contributed by atoms with E-state index in [4.69, 9.17) is 9.31 Å². The summed E-state index contributed by atoms with van der Waals surface area (Å²) in [4.78, 5) is 23.1. The van der Waals surface area contributed by atoms with Gasteiger partial charge in [0.1, 0.15) is 29.8 Å². The van der Waals surface area contributed by atoms with E-state index in [0.717, 1.165) is 21.4 Å². The maximum atomic E-state index is 12.1. The van der Waals surface area contributed by atoms with Gasteiger partial charge in [0.15, 0.2) is 5.69 Å². The Morgan fingerprint density at radius 2 is 2.00 bits per heavy atom. The number of carbonyl (C=O) groups is 2. The van der Waals surface area contributed by atoms with Crippen LogP contribution in [0.15, 0.2) is 40.8 Å². The monoisotopic (exact) mass is 461 g/mol. The van der Waals surface area contributed by atoms with Crippen molar-refractivity contribution in [1.29, 1.82) is 0 Å². The first-order valence-electron chi connectivity index (χ1n) is 9.42. The molecule has 0 saturated carbocycles. The first-order chi connectivity index (χ1) is 14.7. The fourth-order valence-electron chi connectivity index (χ4n) is 3.20. The molecule has 1 aromatic carbocycles. The topological polar surface area (TPSA) is 130 Å². The molecule has 31 heavy (non-hydrogen) atoms. The van der Waals surface area contributed by atoms with Gasteiger partial charge in [0.25, 0.3) is 5.91 Å². The van der Waals surface area contributed by atoms with E-state index in [9.17, 15) is 14.7 Å². The number of aromatic nitrogens is 2. The van der Waals surface area contributed by atoms with Crippen molar-refractivity contribution in [3.8, 4) is 0 Å². The third kappa shape index (κ3) is 4.46. The Bertz CT molecular complexity index is 1020. The summed E-state index contributed by atoms with van der Waals surface area (Å²) in [5.74, 6) is -1.57. The molecule has 3 N–H and O–H groups in total. The number of carboxylic acids is 1. The van der Waals surface area contributed by atoms with Gasteiger partial charge in [0.05, 0.1) is 17.0 Å². The first kappa shape index (κ1) is 21.8. The largest absolute Gasteiger partial charge is 0.543 e. The summed E-state index contributed by atoms with van der Waals surface area (Å²) in [6, 6.07) is 7.18. The lowest BCUT2D eigenvalue weighted by Gasteiger charge is -2.36. The Labute approximate surface area is 187 Å². The number of nitrogens with zero attached hydrogens (tertiary/aromatic N) is 2. The van der Waals surface area contributed by atoms with Crippen LogP contribution in [0.25, 0.3) is 0 Å². The number of benzene rings is 1. The maximum Gasteiger partial charge on any atom is 0.495 e. The molecule has 1 aromatic heterocycles. The molecular formula is C18H20BN5O5S2. The highest BCUT2D eigenvalue weighted by Gasteiger charge is 2.57. The highest BCUT2D eigenvalue weighted by molar-refractivity contribution is 7.96. The second kappa shape index (κ2) is 8.24. The van der Waals surface area contributed by atoms with Crippen LogP contribution in [0.4, 0.5) is 5.69 Å². The molecular weight excluding hydrogens is 441 g/mol. The van der Waals surface area contributed by atoms with Crippen molar-refractivity contribution in [2.45, 2.75) is 32.0 Å². The Kier molecular flexibility index (Phi) is 5.79. The van der Waals surface area contributed by atoms with Gasteiger partial charge in [-0.3, -0.25) is 4.79 Å². The average Bonchev–Trinajstić information content (AvgIpc) is 3.43. The minimum absolute atomic E-state index is 0.0444. The molecule has 2 unspecified atom stereocenters. The second-order valence-corrected chi connectivity index (χ2v) is 9.41. The van der Waals surface area contributed by atoms with Gasteiger partial charge in [-0.2, -0.15) is 4.41 Å². The number of carboxylic acid groups (broad SMARTS) is 1. The predicted molar refractivity (Wildman–Crippen MR) is 114 cm³/mol. The number of carbonyl (C=O) groups excluding carboxylic acids is 2. The zero-order valence-electron chi connectivity index (χ0n) is 17.0. The highest BCUT2D eigenvalue weighted by Crippen LogP contribution is 2.36. The number of nitrogens with one attached hydrogen (secondary N) is 3. The van der Waals surface area contributed by atoms with Crippen LogP contribution in [-0.4, -0.2) is 46.3 Å². The number of amides is 1. The van der Waals surface area contributed by atoms with Gasteiger partial charge in [0, 0.05) is 11.1 Å². The number of aliphatic carboxylic acids is 1. The molecule has 2 aliphatic rings. The molecule has 1 amide bonds. The molecule has 162 valence electrons. The summed E-state index contributed by atoms with van der Waals surface area (Å²) < 4.78 is 16.9. The lowest BCUT2D eigenvalue weighted by atomic mass is 9.79. The molecule has 1 saturated heterocycles. The Balaban J connectivity index is 1.41. The maximum absolute atomic E-state index is 12.1. The molecule has 2 atom stereocenters. The molecule has 0 aliphatic carbocycles. The van der Waals surface area contributed by atoms with Gasteiger partial charge >= 0.3 is 7.12 Å². The minimum Gasteiger partial charge on any atom is -0.543 e. The van der Waals surface area contributed by atoms with Crippen LogP contribution in [0.1, 0.15) is 31.3 Å². The van der Waals surface area contributed by atoms with Gasteiger partial charge in [-0.05, 0) is 49.9 Å². The number of hydrogen-bond donors (Lipinski definition) is 3. The molecule has 4 rings (SSSR count). The van der Waals surface area contributed by atoms with Crippen molar-refractivity contribution in [3.63, 3.8) is 0 Å². The Morgan fingerprint density at radius 3 is 2.61 bits per heavy atom. The van der Waals surface area contributed by atoms with Gasteiger partial charge in [0.2, 0.25) is 0 Å². The van der Waals surface area contributed by atoms with Crippen molar-refractivity contribution in [1.82, 2.24) is 15.0 Å². The Hall–Kier alpha value is -2.45. The standard InChI is InChI=1S/C18H20BN5O5S2/c1-17(2)18(3,10-24-22-14(9-31-24)16(26)27)29-19(28-17)11-4-6-12(7-5-11)20-15(25)13-8-30-23-21-13/h4-9,22H,10H2,1-3H3,(H,20,25)(H,26,27). The summed E-state index contributed by atoms with van der Waals surface area (Å²) in [5, 5.41) is 20.6. The normalized spacial score (nSPS) is 24.5. The van der Waals surface area contributed by atoms with Crippen LogP contribution in [0.5, 0.6) is 0 Å². The van der Waals surface area contributed by atoms with Gasteiger partial charge < -0.3 is 24.5 Å². The number of hydrogen-bond acceptors (Lipinski definition) is 10. The first-order valence-corrected chi connectivity index (χ1v) is 11.1. The van der Waals surface area contributed by atoms with E-state index in [1.807, 2.05) is 32.9 Å². The molecule has 0 bridgehead atoms. The van der Waals surface area contributed by atoms with Crippen LogP contribution in [0, 0.1) is 0 Å². The molecule has 0 spiro atoms. The smallest absolute Gasteiger partial charge is 0.495 e. The lowest BCUT2D eigenvalue weighted by molar-refractivity contribution is -0.806. The fraction of sp³-hybridized carbons (Fsp3) is 0.333. The summed E-state index contributed by atoms with van der Waals surface area (Å²) in [7, 11) is -0.604. The van der Waals surface area contributed by atoms with E-state index in [0.29, 0.717) is 12.2 Å². The zero-order valence-corrected chi connectivity index (χ0v) is 18.6. The number of rotatable bonds is 6. The van der Waals surface area contributed by atoms with E-state index < -0.39 is 24.3 Å². The van der Waals surface area contributed by atoms with Crippen LogP contribution in [-0.2, 0) is 14.1 Å². The summed E-state index contributed by atoms with van der Waals surface area (Å²) >= 11 is 2.42. The van der Waals surface area contributed by atoms with Crippen LogP contribution in [0.2, 0.25) is 0 Å². The minimum atomic E-state index is -1.24.